The maximum atomic E-state index is 12.2. The predicted octanol–water partition coefficient (Wildman–Crippen LogP) is 0.154. The molecule has 1 unspecified atom stereocenters. The van der Waals surface area contributed by atoms with Gasteiger partial charge in [0.25, 0.3) is 11.5 Å². The lowest BCUT2D eigenvalue weighted by Gasteiger charge is -2.14. The monoisotopic (exact) mass is 317 g/mol. The maximum absolute atomic E-state index is 12.2. The van der Waals surface area contributed by atoms with Gasteiger partial charge in [-0.25, -0.2) is 0 Å². The Hall–Kier alpha value is -2.67. The number of pyridine rings is 2. The van der Waals surface area contributed by atoms with Gasteiger partial charge < -0.3 is 20.0 Å². The van der Waals surface area contributed by atoms with Crippen molar-refractivity contribution in [2.45, 2.75) is 20.0 Å². The van der Waals surface area contributed by atoms with E-state index in [1.807, 2.05) is 0 Å². The first kappa shape index (κ1) is 16.7. The molecular weight excluding hydrogens is 298 g/mol. The lowest BCUT2D eigenvalue weighted by molar-refractivity contribution is 0.0911. The van der Waals surface area contributed by atoms with E-state index in [0.717, 1.165) is 5.69 Å². The standard InChI is InChI=1S/C16H19N3O4/c1-9-7-10(2)19(3)16(23)14(9)15(22)17-8-12(20)11-5-4-6-13(21)18-11/h4-7,12,20H,8H2,1-3H3,(H,17,22)(H,18,21). The van der Waals surface area contributed by atoms with E-state index in [0.29, 0.717) is 11.3 Å². The molecule has 0 spiro atoms. The highest BCUT2D eigenvalue weighted by atomic mass is 16.3. The van der Waals surface area contributed by atoms with Crippen molar-refractivity contribution in [3.8, 4) is 0 Å². The van der Waals surface area contributed by atoms with E-state index in [-0.39, 0.29) is 23.2 Å². The summed E-state index contributed by atoms with van der Waals surface area (Å²) in [5, 5.41) is 12.5. The van der Waals surface area contributed by atoms with Gasteiger partial charge in [-0.05, 0) is 31.5 Å². The molecule has 3 N–H and O–H groups in total. The predicted molar refractivity (Wildman–Crippen MR) is 85.5 cm³/mol. The van der Waals surface area contributed by atoms with Crippen LogP contribution in [-0.2, 0) is 7.05 Å². The first-order chi connectivity index (χ1) is 10.8. The summed E-state index contributed by atoms with van der Waals surface area (Å²) in [6, 6.07) is 6.14. The first-order valence-corrected chi connectivity index (χ1v) is 7.14. The molecule has 0 bridgehead atoms. The molecule has 23 heavy (non-hydrogen) atoms. The van der Waals surface area contributed by atoms with Crippen LogP contribution in [0.1, 0.15) is 33.4 Å². The SMILES string of the molecule is Cc1cc(C)n(C)c(=O)c1C(=O)NCC(O)c1cccc(=O)[nH]1. The van der Waals surface area contributed by atoms with Gasteiger partial charge in [-0.2, -0.15) is 0 Å². The number of nitrogens with zero attached hydrogens (tertiary/aromatic N) is 1. The number of nitrogens with one attached hydrogen (secondary N) is 2. The van der Waals surface area contributed by atoms with Crippen LogP contribution in [0.3, 0.4) is 0 Å². The number of aromatic nitrogens is 2. The summed E-state index contributed by atoms with van der Waals surface area (Å²) >= 11 is 0. The average Bonchev–Trinajstić information content (AvgIpc) is 2.50. The van der Waals surface area contributed by atoms with E-state index in [9.17, 15) is 19.5 Å². The second-order valence-electron chi connectivity index (χ2n) is 5.40. The molecule has 1 amide bonds. The summed E-state index contributed by atoms with van der Waals surface area (Å²) in [7, 11) is 1.59. The lowest BCUT2D eigenvalue weighted by atomic mass is 10.1. The fourth-order valence-corrected chi connectivity index (χ4v) is 2.30. The highest BCUT2D eigenvalue weighted by molar-refractivity contribution is 5.95. The van der Waals surface area contributed by atoms with Crippen LogP contribution in [0.15, 0.2) is 33.9 Å². The number of aliphatic hydroxyl groups is 1. The number of carbonyl (C=O) groups is 1. The van der Waals surface area contributed by atoms with Crippen molar-refractivity contribution >= 4 is 5.91 Å². The number of H-pyrrole nitrogens is 1. The minimum absolute atomic E-state index is 0.0480. The van der Waals surface area contributed by atoms with E-state index in [4.69, 9.17) is 0 Å². The number of aryl methyl sites for hydroxylation is 2. The Morgan fingerprint density at radius 3 is 2.70 bits per heavy atom. The van der Waals surface area contributed by atoms with E-state index in [2.05, 4.69) is 10.3 Å². The molecule has 7 heteroatoms. The molecule has 0 aliphatic heterocycles. The molecule has 7 nitrogen and oxygen atoms in total. The zero-order valence-corrected chi connectivity index (χ0v) is 13.2. The molecule has 1 atom stereocenters. The van der Waals surface area contributed by atoms with Crippen molar-refractivity contribution in [2.75, 3.05) is 6.54 Å². The van der Waals surface area contributed by atoms with Crippen LogP contribution in [0, 0.1) is 13.8 Å². The maximum Gasteiger partial charge on any atom is 0.263 e. The van der Waals surface area contributed by atoms with Crippen molar-refractivity contribution in [1.82, 2.24) is 14.9 Å². The summed E-state index contributed by atoms with van der Waals surface area (Å²) < 4.78 is 1.40. The zero-order valence-electron chi connectivity index (χ0n) is 13.2. The second kappa shape index (κ2) is 6.62. The van der Waals surface area contributed by atoms with Crippen LogP contribution in [0.2, 0.25) is 0 Å². The minimum atomic E-state index is -1.07. The average molecular weight is 317 g/mol. The lowest BCUT2D eigenvalue weighted by Crippen LogP contribution is -2.36. The summed E-state index contributed by atoms with van der Waals surface area (Å²) in [4.78, 5) is 38.2. The number of aromatic amines is 1. The largest absolute Gasteiger partial charge is 0.385 e. The molecule has 2 heterocycles. The highest BCUT2D eigenvalue weighted by Gasteiger charge is 2.17. The Balaban J connectivity index is 2.16. The third-order valence-corrected chi connectivity index (χ3v) is 3.70. The van der Waals surface area contributed by atoms with Crippen LogP contribution in [-0.4, -0.2) is 27.1 Å². The van der Waals surface area contributed by atoms with Gasteiger partial charge in [0.1, 0.15) is 11.7 Å². The summed E-state index contributed by atoms with van der Waals surface area (Å²) in [6.45, 7) is 3.36. The molecule has 0 aliphatic carbocycles. The van der Waals surface area contributed by atoms with Gasteiger partial charge >= 0.3 is 0 Å². The van der Waals surface area contributed by atoms with Crippen LogP contribution < -0.4 is 16.4 Å². The van der Waals surface area contributed by atoms with Crippen LogP contribution in [0.4, 0.5) is 0 Å². The quantitative estimate of drug-likeness (QED) is 0.747. The van der Waals surface area contributed by atoms with Gasteiger partial charge in [0.15, 0.2) is 0 Å². The normalized spacial score (nSPS) is 12.0. The van der Waals surface area contributed by atoms with Crippen molar-refractivity contribution in [3.05, 3.63) is 67.5 Å². The third kappa shape index (κ3) is 3.57. The van der Waals surface area contributed by atoms with Crippen molar-refractivity contribution in [2.24, 2.45) is 7.05 Å². The molecule has 2 aromatic heterocycles. The number of hydrogen-bond acceptors (Lipinski definition) is 4. The molecule has 0 aromatic carbocycles. The Bertz CT molecular complexity index is 851. The van der Waals surface area contributed by atoms with Gasteiger partial charge in [-0.15, -0.1) is 0 Å². The molecule has 0 saturated heterocycles. The Kier molecular flexibility index (Phi) is 4.80. The van der Waals surface area contributed by atoms with Gasteiger partial charge in [-0.3, -0.25) is 14.4 Å². The Morgan fingerprint density at radius 2 is 2.04 bits per heavy atom. The van der Waals surface area contributed by atoms with Crippen molar-refractivity contribution in [3.63, 3.8) is 0 Å². The number of amides is 1. The molecule has 0 radical (unpaired) electrons. The second-order valence-corrected chi connectivity index (χ2v) is 5.40. The minimum Gasteiger partial charge on any atom is -0.385 e. The van der Waals surface area contributed by atoms with Gasteiger partial charge in [-0.1, -0.05) is 6.07 Å². The number of carbonyl (C=O) groups excluding carboxylic acids is 1. The molecular formula is C16H19N3O4. The van der Waals surface area contributed by atoms with Gasteiger partial charge in [0.05, 0.1) is 0 Å². The smallest absolute Gasteiger partial charge is 0.263 e. The van der Waals surface area contributed by atoms with Crippen molar-refractivity contribution in [1.29, 1.82) is 0 Å². The van der Waals surface area contributed by atoms with Crippen LogP contribution in [0.25, 0.3) is 0 Å². The summed E-state index contributed by atoms with van der Waals surface area (Å²) in [5.41, 5.74) is 0.952. The molecule has 0 fully saturated rings. The van der Waals surface area contributed by atoms with E-state index in [1.54, 1.807) is 33.0 Å². The fourth-order valence-electron chi connectivity index (χ4n) is 2.30. The number of aliphatic hydroxyl groups excluding tert-OH is 1. The molecule has 122 valence electrons. The Labute approximate surface area is 132 Å². The van der Waals surface area contributed by atoms with E-state index < -0.39 is 12.0 Å². The van der Waals surface area contributed by atoms with Crippen LogP contribution in [0.5, 0.6) is 0 Å². The first-order valence-electron chi connectivity index (χ1n) is 7.14. The molecule has 0 saturated carbocycles. The number of hydrogen-bond donors (Lipinski definition) is 3. The number of rotatable bonds is 4. The molecule has 2 aromatic rings. The van der Waals surface area contributed by atoms with E-state index >= 15 is 0 Å². The zero-order chi connectivity index (χ0) is 17.1. The van der Waals surface area contributed by atoms with Crippen LogP contribution >= 0.6 is 0 Å². The Morgan fingerprint density at radius 1 is 1.35 bits per heavy atom. The van der Waals surface area contributed by atoms with Gasteiger partial charge in [0.2, 0.25) is 5.56 Å². The summed E-state index contributed by atoms with van der Waals surface area (Å²) in [6.07, 6.45) is -1.07. The topological polar surface area (TPSA) is 104 Å². The fraction of sp³-hybridized carbons (Fsp3) is 0.312. The molecule has 0 aliphatic rings. The van der Waals surface area contributed by atoms with E-state index in [1.165, 1.54) is 16.7 Å². The third-order valence-electron chi connectivity index (χ3n) is 3.70. The van der Waals surface area contributed by atoms with Crippen molar-refractivity contribution < 1.29 is 9.90 Å². The highest BCUT2D eigenvalue weighted by Crippen LogP contribution is 2.08. The molecule has 2 rings (SSSR count). The summed E-state index contributed by atoms with van der Waals surface area (Å²) in [5.74, 6) is -0.555. The van der Waals surface area contributed by atoms with Gasteiger partial charge in [0, 0.05) is 31.0 Å².